The second-order valence-corrected chi connectivity index (χ2v) is 4.63. The number of ether oxygens (including phenoxy) is 1. The molecule has 17 heavy (non-hydrogen) atoms. The number of rotatable bonds is 4. The van der Waals surface area contributed by atoms with Crippen LogP contribution in [0.15, 0.2) is 12.1 Å². The average Bonchev–Trinajstić information content (AvgIpc) is 2.25. The number of halogens is 3. The molecule has 0 bridgehead atoms. The van der Waals surface area contributed by atoms with Crippen molar-refractivity contribution in [2.24, 2.45) is 0 Å². The fourth-order valence-corrected chi connectivity index (χ4v) is 1.50. The highest BCUT2D eigenvalue weighted by Crippen LogP contribution is 2.20. The van der Waals surface area contributed by atoms with Gasteiger partial charge in [-0.15, -0.1) is 0 Å². The monoisotopic (exact) mass is 355 g/mol. The molecule has 94 valence electrons. The van der Waals surface area contributed by atoms with E-state index in [-0.39, 0.29) is 27.7 Å². The fourth-order valence-electron chi connectivity index (χ4n) is 1.18. The van der Waals surface area contributed by atoms with Gasteiger partial charge in [-0.2, -0.15) is 0 Å². The summed E-state index contributed by atoms with van der Waals surface area (Å²) in [6.45, 7) is 1.73. The van der Waals surface area contributed by atoms with Crippen molar-refractivity contribution in [2.45, 2.75) is 19.4 Å². The summed E-state index contributed by atoms with van der Waals surface area (Å²) in [7, 11) is 1.49. The van der Waals surface area contributed by atoms with E-state index in [1.807, 2.05) is 0 Å². The van der Waals surface area contributed by atoms with E-state index in [0.717, 1.165) is 12.1 Å². The Balaban J connectivity index is 2.72. The zero-order valence-electron chi connectivity index (χ0n) is 9.39. The third-order valence-electron chi connectivity index (χ3n) is 2.14. The summed E-state index contributed by atoms with van der Waals surface area (Å²) >= 11 is 1.56. The Bertz CT molecular complexity index is 403. The first-order chi connectivity index (χ1) is 7.93. The summed E-state index contributed by atoms with van der Waals surface area (Å²) in [5.41, 5.74) is 0.105. The van der Waals surface area contributed by atoms with Crippen LogP contribution in [-0.2, 0) is 9.53 Å². The van der Waals surface area contributed by atoms with E-state index in [1.54, 1.807) is 29.5 Å². The number of benzene rings is 1. The van der Waals surface area contributed by atoms with Crippen LogP contribution in [0.4, 0.5) is 14.5 Å². The van der Waals surface area contributed by atoms with Gasteiger partial charge < -0.3 is 10.1 Å². The number of carbonyl (C=O) groups is 1. The predicted molar refractivity (Wildman–Crippen MR) is 68.8 cm³/mol. The van der Waals surface area contributed by atoms with Gasteiger partial charge in [-0.25, -0.2) is 8.78 Å². The van der Waals surface area contributed by atoms with E-state index in [4.69, 9.17) is 4.74 Å². The Morgan fingerprint density at radius 2 is 2.00 bits per heavy atom. The van der Waals surface area contributed by atoms with E-state index in [2.05, 4.69) is 5.32 Å². The van der Waals surface area contributed by atoms with Crippen molar-refractivity contribution in [2.75, 3.05) is 12.4 Å². The standard InChI is InChI=1S/C11H12F2INO2/c1-6(17-2)3-10(16)15-7-4-8(12)11(14)9(13)5-7/h4-6H,3H2,1-2H3,(H,15,16). The maximum Gasteiger partial charge on any atom is 0.226 e. The number of nitrogens with one attached hydrogen (secondary N) is 1. The molecule has 0 spiro atoms. The molecule has 1 unspecified atom stereocenters. The highest BCUT2D eigenvalue weighted by atomic mass is 127. The van der Waals surface area contributed by atoms with Crippen LogP contribution in [0.2, 0.25) is 0 Å². The van der Waals surface area contributed by atoms with Gasteiger partial charge >= 0.3 is 0 Å². The van der Waals surface area contributed by atoms with E-state index in [0.29, 0.717) is 0 Å². The fraction of sp³-hybridized carbons (Fsp3) is 0.364. The molecule has 0 fully saturated rings. The van der Waals surface area contributed by atoms with E-state index >= 15 is 0 Å². The molecule has 1 N–H and O–H groups in total. The van der Waals surface area contributed by atoms with Gasteiger partial charge in [0.1, 0.15) is 11.6 Å². The molecule has 0 saturated heterocycles. The highest BCUT2D eigenvalue weighted by molar-refractivity contribution is 14.1. The molecule has 0 heterocycles. The first kappa shape index (κ1) is 14.3. The van der Waals surface area contributed by atoms with Gasteiger partial charge in [-0.05, 0) is 41.6 Å². The van der Waals surface area contributed by atoms with Crippen LogP contribution in [0.25, 0.3) is 0 Å². The van der Waals surface area contributed by atoms with Crippen LogP contribution >= 0.6 is 22.6 Å². The summed E-state index contributed by atoms with van der Waals surface area (Å²) in [6, 6.07) is 2.17. The first-order valence-electron chi connectivity index (χ1n) is 4.91. The van der Waals surface area contributed by atoms with Crippen molar-refractivity contribution in [3.8, 4) is 0 Å². The zero-order chi connectivity index (χ0) is 13.0. The number of hydrogen-bond donors (Lipinski definition) is 1. The van der Waals surface area contributed by atoms with Crippen LogP contribution in [0.5, 0.6) is 0 Å². The Kier molecular flexibility index (Phi) is 5.26. The summed E-state index contributed by atoms with van der Waals surface area (Å²) in [6.07, 6.45) is -0.111. The molecule has 0 aromatic heterocycles. The van der Waals surface area contributed by atoms with Crippen molar-refractivity contribution >= 4 is 34.2 Å². The minimum Gasteiger partial charge on any atom is -0.381 e. The summed E-state index contributed by atoms with van der Waals surface area (Å²) in [4.78, 5) is 11.5. The predicted octanol–water partition coefficient (Wildman–Crippen LogP) is 2.93. The van der Waals surface area contributed by atoms with Gasteiger partial charge in [-0.3, -0.25) is 4.79 Å². The van der Waals surface area contributed by atoms with E-state index in [1.165, 1.54) is 7.11 Å². The van der Waals surface area contributed by atoms with Gasteiger partial charge in [0, 0.05) is 12.8 Å². The van der Waals surface area contributed by atoms with Gasteiger partial charge in [0.05, 0.1) is 16.1 Å². The maximum absolute atomic E-state index is 13.2. The van der Waals surface area contributed by atoms with Crippen LogP contribution in [0.1, 0.15) is 13.3 Å². The Morgan fingerprint density at radius 3 is 2.47 bits per heavy atom. The molecule has 3 nitrogen and oxygen atoms in total. The molecule has 0 aliphatic rings. The van der Waals surface area contributed by atoms with Gasteiger partial charge in [0.2, 0.25) is 5.91 Å². The summed E-state index contributed by atoms with van der Waals surface area (Å²) in [5, 5.41) is 2.41. The third-order valence-corrected chi connectivity index (χ3v) is 3.17. The Morgan fingerprint density at radius 1 is 1.47 bits per heavy atom. The van der Waals surface area contributed by atoms with Crippen LogP contribution in [0.3, 0.4) is 0 Å². The first-order valence-corrected chi connectivity index (χ1v) is 5.99. The highest BCUT2D eigenvalue weighted by Gasteiger charge is 2.12. The Hall–Kier alpha value is -0.760. The number of carbonyl (C=O) groups excluding carboxylic acids is 1. The van der Waals surface area contributed by atoms with Crippen LogP contribution in [0, 0.1) is 15.2 Å². The lowest BCUT2D eigenvalue weighted by Crippen LogP contribution is -2.19. The van der Waals surface area contributed by atoms with Crippen molar-refractivity contribution in [3.63, 3.8) is 0 Å². The van der Waals surface area contributed by atoms with E-state index < -0.39 is 11.6 Å². The lowest BCUT2D eigenvalue weighted by molar-refractivity contribution is -0.118. The zero-order valence-corrected chi connectivity index (χ0v) is 11.5. The molecule has 1 atom stereocenters. The van der Waals surface area contributed by atoms with Crippen molar-refractivity contribution in [1.82, 2.24) is 0 Å². The second kappa shape index (κ2) is 6.25. The minimum atomic E-state index is -0.694. The molecule has 0 aliphatic heterocycles. The van der Waals surface area contributed by atoms with E-state index in [9.17, 15) is 13.6 Å². The number of methoxy groups -OCH3 is 1. The summed E-state index contributed by atoms with van der Waals surface area (Å²) < 4.78 is 31.2. The minimum absolute atomic E-state index is 0.0918. The van der Waals surface area contributed by atoms with Crippen molar-refractivity contribution < 1.29 is 18.3 Å². The largest absolute Gasteiger partial charge is 0.381 e. The van der Waals surface area contributed by atoms with Gasteiger partial charge in [-0.1, -0.05) is 0 Å². The average molecular weight is 355 g/mol. The third kappa shape index (κ3) is 4.19. The van der Waals surface area contributed by atoms with Crippen molar-refractivity contribution in [1.29, 1.82) is 0 Å². The van der Waals surface area contributed by atoms with Crippen molar-refractivity contribution in [3.05, 3.63) is 27.3 Å². The molecule has 0 aliphatic carbocycles. The number of anilines is 1. The quantitative estimate of drug-likeness (QED) is 0.666. The molecule has 0 saturated carbocycles. The smallest absolute Gasteiger partial charge is 0.226 e. The molecule has 1 aromatic carbocycles. The lowest BCUT2D eigenvalue weighted by Gasteiger charge is -2.10. The van der Waals surface area contributed by atoms with Crippen LogP contribution in [-0.4, -0.2) is 19.1 Å². The topological polar surface area (TPSA) is 38.3 Å². The van der Waals surface area contributed by atoms with Crippen LogP contribution < -0.4 is 5.32 Å². The maximum atomic E-state index is 13.2. The normalized spacial score (nSPS) is 12.3. The number of amides is 1. The SMILES string of the molecule is COC(C)CC(=O)Nc1cc(F)c(I)c(F)c1. The molecule has 1 aromatic rings. The lowest BCUT2D eigenvalue weighted by atomic mass is 10.2. The molecule has 6 heteroatoms. The second-order valence-electron chi connectivity index (χ2n) is 3.55. The van der Waals surface area contributed by atoms with Gasteiger partial charge in [0.25, 0.3) is 0 Å². The number of hydrogen-bond acceptors (Lipinski definition) is 2. The Labute approximate surface area is 112 Å². The summed E-state index contributed by atoms with van der Waals surface area (Å²) in [5.74, 6) is -1.74. The molecular formula is C11H12F2INO2. The molecule has 0 radical (unpaired) electrons. The van der Waals surface area contributed by atoms with Gasteiger partial charge in [0.15, 0.2) is 0 Å². The molecular weight excluding hydrogens is 343 g/mol. The molecule has 1 amide bonds. The molecule has 1 rings (SSSR count).